The third-order valence-corrected chi connectivity index (χ3v) is 3.96. The average Bonchev–Trinajstić information content (AvgIpc) is 2.88. The minimum Gasteiger partial charge on any atom is -0.322 e. The molecule has 1 heterocycles. The molecule has 1 aromatic heterocycles. The predicted octanol–water partition coefficient (Wildman–Crippen LogP) is 3.43. The molecular formula is C12H9BrF2N2OS. The smallest absolute Gasteiger partial charge is 0.246 e. The molecule has 1 aromatic carbocycles. The minimum atomic E-state index is -0.886. The normalized spacial score (nSPS) is 12.2. The molecule has 0 spiro atoms. The molecule has 1 atom stereocenters. The fourth-order valence-corrected chi connectivity index (χ4v) is 2.49. The molecular weight excluding hydrogens is 338 g/mol. The van der Waals surface area contributed by atoms with Crippen molar-refractivity contribution >= 4 is 38.9 Å². The lowest BCUT2D eigenvalue weighted by Gasteiger charge is -2.11. The van der Waals surface area contributed by atoms with Crippen molar-refractivity contribution in [1.82, 2.24) is 0 Å². The number of carbonyl (C=O) groups excluding carboxylic acids is 1. The van der Waals surface area contributed by atoms with E-state index in [9.17, 15) is 13.6 Å². The fraction of sp³-hybridized carbons (Fsp3) is 0.0833. The molecule has 0 radical (unpaired) electrons. The number of anilines is 1. The summed E-state index contributed by atoms with van der Waals surface area (Å²) < 4.78 is 26.6. The van der Waals surface area contributed by atoms with E-state index >= 15 is 0 Å². The van der Waals surface area contributed by atoms with Crippen LogP contribution >= 0.6 is 27.3 Å². The summed E-state index contributed by atoms with van der Waals surface area (Å²) in [6, 6.07) is 4.44. The van der Waals surface area contributed by atoms with E-state index in [1.165, 1.54) is 11.3 Å². The zero-order chi connectivity index (χ0) is 14.0. The van der Waals surface area contributed by atoms with Crippen LogP contribution in [0.5, 0.6) is 0 Å². The second-order valence-electron chi connectivity index (χ2n) is 3.73. The number of nitrogens with two attached hydrogens (primary N) is 1. The van der Waals surface area contributed by atoms with Crippen LogP contribution in [0.1, 0.15) is 10.9 Å². The Balaban J connectivity index is 2.17. The molecule has 100 valence electrons. The standard InChI is InChI=1S/C12H9BrF2N2OS/c13-6-4-9(8(15)5-7(6)14)17-12(18)11(16)10-2-1-3-19-10/h1-5,11H,16H2,(H,17,18). The Labute approximate surface area is 120 Å². The van der Waals surface area contributed by atoms with Crippen LogP contribution in [0, 0.1) is 11.6 Å². The summed E-state index contributed by atoms with van der Waals surface area (Å²) in [5.74, 6) is -2.15. The van der Waals surface area contributed by atoms with E-state index in [-0.39, 0.29) is 10.2 Å². The van der Waals surface area contributed by atoms with Gasteiger partial charge < -0.3 is 11.1 Å². The van der Waals surface area contributed by atoms with E-state index < -0.39 is 23.6 Å². The molecule has 2 rings (SSSR count). The number of carbonyl (C=O) groups is 1. The lowest BCUT2D eigenvalue weighted by atomic mass is 10.2. The molecule has 3 nitrogen and oxygen atoms in total. The number of thiophene rings is 1. The van der Waals surface area contributed by atoms with Crippen LogP contribution in [0.25, 0.3) is 0 Å². The fourth-order valence-electron chi connectivity index (χ4n) is 1.43. The number of rotatable bonds is 3. The van der Waals surface area contributed by atoms with Crippen molar-refractivity contribution in [3.05, 3.63) is 50.6 Å². The molecule has 3 N–H and O–H groups in total. The molecule has 19 heavy (non-hydrogen) atoms. The first-order valence-corrected chi connectivity index (χ1v) is 6.90. The molecule has 0 aliphatic carbocycles. The molecule has 1 unspecified atom stereocenters. The third-order valence-electron chi connectivity index (χ3n) is 2.40. The van der Waals surface area contributed by atoms with Crippen LogP contribution in [0.4, 0.5) is 14.5 Å². The summed E-state index contributed by atoms with van der Waals surface area (Å²) in [5, 5.41) is 4.13. The number of amides is 1. The van der Waals surface area contributed by atoms with Crippen LogP contribution in [-0.4, -0.2) is 5.91 Å². The van der Waals surface area contributed by atoms with E-state index in [0.29, 0.717) is 10.9 Å². The zero-order valence-electron chi connectivity index (χ0n) is 9.49. The summed E-state index contributed by atoms with van der Waals surface area (Å²) in [5.41, 5.74) is 5.62. The topological polar surface area (TPSA) is 55.1 Å². The molecule has 0 saturated carbocycles. The molecule has 7 heteroatoms. The first kappa shape index (κ1) is 14.1. The Morgan fingerprint density at radius 3 is 2.74 bits per heavy atom. The van der Waals surface area contributed by atoms with Crippen LogP contribution in [0.15, 0.2) is 34.1 Å². The summed E-state index contributed by atoms with van der Waals surface area (Å²) >= 11 is 4.25. The zero-order valence-corrected chi connectivity index (χ0v) is 11.9. The van der Waals surface area contributed by atoms with Gasteiger partial charge in [0.15, 0.2) is 0 Å². The summed E-state index contributed by atoms with van der Waals surface area (Å²) in [6.45, 7) is 0. The Kier molecular flexibility index (Phi) is 4.28. The first-order valence-electron chi connectivity index (χ1n) is 5.23. The van der Waals surface area contributed by atoms with Crippen LogP contribution in [0.2, 0.25) is 0 Å². The minimum absolute atomic E-state index is 0.0638. The summed E-state index contributed by atoms with van der Waals surface area (Å²) in [4.78, 5) is 12.5. The van der Waals surface area contributed by atoms with Gasteiger partial charge in [-0.1, -0.05) is 6.07 Å². The predicted molar refractivity (Wildman–Crippen MR) is 73.9 cm³/mol. The number of halogens is 3. The highest BCUT2D eigenvalue weighted by atomic mass is 79.9. The Hall–Kier alpha value is -1.31. The van der Waals surface area contributed by atoms with Crippen molar-refractivity contribution in [2.24, 2.45) is 5.73 Å². The number of hydrogen-bond acceptors (Lipinski definition) is 3. The maximum atomic E-state index is 13.5. The average molecular weight is 347 g/mol. The molecule has 2 aromatic rings. The second kappa shape index (κ2) is 5.77. The first-order chi connectivity index (χ1) is 8.99. The van der Waals surface area contributed by atoms with Crippen molar-refractivity contribution in [3.63, 3.8) is 0 Å². The SMILES string of the molecule is NC(C(=O)Nc1cc(Br)c(F)cc1F)c1cccs1. The number of benzene rings is 1. The third kappa shape index (κ3) is 3.17. The van der Waals surface area contributed by atoms with Crippen molar-refractivity contribution in [3.8, 4) is 0 Å². The van der Waals surface area contributed by atoms with E-state index in [1.807, 2.05) is 0 Å². The molecule has 0 aliphatic heterocycles. The van der Waals surface area contributed by atoms with E-state index in [1.54, 1.807) is 17.5 Å². The monoisotopic (exact) mass is 346 g/mol. The maximum Gasteiger partial charge on any atom is 0.246 e. The van der Waals surface area contributed by atoms with Gasteiger partial charge in [-0.15, -0.1) is 11.3 Å². The Bertz CT molecular complexity index is 604. The van der Waals surface area contributed by atoms with Crippen LogP contribution in [-0.2, 0) is 4.79 Å². The van der Waals surface area contributed by atoms with Gasteiger partial charge in [-0.3, -0.25) is 4.79 Å². The summed E-state index contributed by atoms with van der Waals surface area (Å²) in [7, 11) is 0. The van der Waals surface area contributed by atoms with Gasteiger partial charge in [0.25, 0.3) is 0 Å². The number of nitrogens with one attached hydrogen (secondary N) is 1. The van der Waals surface area contributed by atoms with Gasteiger partial charge in [0.05, 0.1) is 10.2 Å². The van der Waals surface area contributed by atoms with Crippen LogP contribution in [0.3, 0.4) is 0 Å². The highest BCUT2D eigenvalue weighted by molar-refractivity contribution is 9.10. The molecule has 0 fully saturated rings. The van der Waals surface area contributed by atoms with E-state index in [0.717, 1.165) is 6.07 Å². The molecule has 0 bridgehead atoms. The van der Waals surface area contributed by atoms with Crippen molar-refractivity contribution < 1.29 is 13.6 Å². The highest BCUT2D eigenvalue weighted by Crippen LogP contribution is 2.25. The second-order valence-corrected chi connectivity index (χ2v) is 5.56. The van der Waals surface area contributed by atoms with Gasteiger partial charge in [-0.05, 0) is 33.4 Å². The molecule has 0 saturated heterocycles. The van der Waals surface area contributed by atoms with Crippen LogP contribution < -0.4 is 11.1 Å². The van der Waals surface area contributed by atoms with Gasteiger partial charge in [-0.25, -0.2) is 8.78 Å². The van der Waals surface area contributed by atoms with Gasteiger partial charge in [0, 0.05) is 10.9 Å². The molecule has 0 aliphatic rings. The molecule has 1 amide bonds. The quantitative estimate of drug-likeness (QED) is 0.836. The largest absolute Gasteiger partial charge is 0.322 e. The van der Waals surface area contributed by atoms with E-state index in [2.05, 4.69) is 21.2 Å². The lowest BCUT2D eigenvalue weighted by molar-refractivity contribution is -0.117. The Morgan fingerprint density at radius 1 is 1.37 bits per heavy atom. The maximum absolute atomic E-state index is 13.5. The highest BCUT2D eigenvalue weighted by Gasteiger charge is 2.19. The van der Waals surface area contributed by atoms with Crippen molar-refractivity contribution in [1.29, 1.82) is 0 Å². The van der Waals surface area contributed by atoms with Crippen molar-refractivity contribution in [2.45, 2.75) is 6.04 Å². The van der Waals surface area contributed by atoms with Gasteiger partial charge in [0.2, 0.25) is 5.91 Å². The van der Waals surface area contributed by atoms with Crippen molar-refractivity contribution in [2.75, 3.05) is 5.32 Å². The Morgan fingerprint density at radius 2 is 2.11 bits per heavy atom. The number of hydrogen-bond donors (Lipinski definition) is 2. The van der Waals surface area contributed by atoms with Gasteiger partial charge >= 0.3 is 0 Å². The van der Waals surface area contributed by atoms with E-state index in [4.69, 9.17) is 5.73 Å². The van der Waals surface area contributed by atoms with Gasteiger partial charge in [0.1, 0.15) is 17.7 Å². The van der Waals surface area contributed by atoms with Gasteiger partial charge in [-0.2, -0.15) is 0 Å². The summed E-state index contributed by atoms with van der Waals surface area (Å²) in [6.07, 6.45) is 0. The lowest BCUT2D eigenvalue weighted by Crippen LogP contribution is -2.27.